The van der Waals surface area contributed by atoms with Crippen LogP contribution in [0.25, 0.3) is 0 Å². The number of aryl methyl sites for hydroxylation is 1. The van der Waals surface area contributed by atoms with Crippen LogP contribution in [0.15, 0.2) is 41.4 Å². The Balaban J connectivity index is 0.00000338. The first-order valence-corrected chi connectivity index (χ1v) is 9.65. The van der Waals surface area contributed by atoms with Gasteiger partial charge in [0.15, 0.2) is 5.96 Å². The van der Waals surface area contributed by atoms with Crippen molar-refractivity contribution < 1.29 is 0 Å². The molecule has 1 fully saturated rings. The summed E-state index contributed by atoms with van der Waals surface area (Å²) < 4.78 is 0. The molecule has 0 aliphatic carbocycles. The fourth-order valence-electron chi connectivity index (χ4n) is 3.24. The van der Waals surface area contributed by atoms with Crippen LogP contribution in [0, 0.1) is 6.92 Å². The monoisotopic (exact) mass is 470 g/mol. The average Bonchev–Trinajstić information content (AvgIpc) is 2.60. The lowest BCUT2D eigenvalue weighted by atomic mass is 10.0. The molecule has 0 bridgehead atoms. The zero-order valence-electron chi connectivity index (χ0n) is 16.5. The largest absolute Gasteiger partial charge is 0.357 e. The van der Waals surface area contributed by atoms with E-state index in [0.29, 0.717) is 6.04 Å². The van der Waals surface area contributed by atoms with E-state index in [0.717, 1.165) is 45.1 Å². The summed E-state index contributed by atoms with van der Waals surface area (Å²) in [5.41, 5.74) is 2.77. The number of aliphatic imine (C=N–C) groups is 1. The van der Waals surface area contributed by atoms with E-state index in [4.69, 9.17) is 0 Å². The quantitative estimate of drug-likeness (QED) is 0.207. The van der Waals surface area contributed by atoms with Gasteiger partial charge in [0.1, 0.15) is 0 Å². The minimum atomic E-state index is 0. The molecule has 0 unspecified atom stereocenters. The van der Waals surface area contributed by atoms with Crippen molar-refractivity contribution in [2.75, 3.05) is 26.2 Å². The van der Waals surface area contributed by atoms with E-state index in [2.05, 4.69) is 77.7 Å². The minimum absolute atomic E-state index is 0. The Morgan fingerprint density at radius 1 is 1.31 bits per heavy atom. The van der Waals surface area contributed by atoms with Gasteiger partial charge in [-0.1, -0.05) is 42.0 Å². The van der Waals surface area contributed by atoms with E-state index >= 15 is 0 Å². The molecular formula is C21H35IN4. The lowest BCUT2D eigenvalue weighted by Gasteiger charge is -2.33. The number of halogens is 1. The van der Waals surface area contributed by atoms with Gasteiger partial charge in [-0.3, -0.25) is 9.89 Å². The number of hydrogen-bond acceptors (Lipinski definition) is 2. The van der Waals surface area contributed by atoms with Crippen LogP contribution in [-0.4, -0.2) is 43.1 Å². The predicted octanol–water partition coefficient (Wildman–Crippen LogP) is 4.10. The van der Waals surface area contributed by atoms with Crippen LogP contribution in [0.5, 0.6) is 0 Å². The van der Waals surface area contributed by atoms with Gasteiger partial charge in [-0.05, 0) is 45.6 Å². The molecule has 1 aromatic carbocycles. The van der Waals surface area contributed by atoms with Gasteiger partial charge < -0.3 is 10.6 Å². The van der Waals surface area contributed by atoms with Gasteiger partial charge in [0, 0.05) is 38.8 Å². The molecule has 2 rings (SSSR count). The summed E-state index contributed by atoms with van der Waals surface area (Å²) in [7, 11) is 0. The molecule has 0 radical (unpaired) electrons. The zero-order valence-corrected chi connectivity index (χ0v) is 18.8. The van der Waals surface area contributed by atoms with Crippen molar-refractivity contribution in [2.45, 2.75) is 52.6 Å². The maximum absolute atomic E-state index is 4.67. The van der Waals surface area contributed by atoms with Crippen molar-refractivity contribution in [1.29, 1.82) is 0 Å². The van der Waals surface area contributed by atoms with Crippen LogP contribution in [0.4, 0.5) is 0 Å². The SMILES string of the molecule is C/C=C/CCN=C(NCC)NC1CCN(Cc2cccc(C)c2)CC1.I. The molecule has 1 aliphatic heterocycles. The highest BCUT2D eigenvalue weighted by Gasteiger charge is 2.20. The normalized spacial score (nSPS) is 16.5. The second-order valence-electron chi connectivity index (χ2n) is 6.80. The second-order valence-corrected chi connectivity index (χ2v) is 6.80. The Hall–Kier alpha value is -1.08. The fourth-order valence-corrected chi connectivity index (χ4v) is 3.24. The Bertz CT molecular complexity index is 563. The van der Waals surface area contributed by atoms with Crippen LogP contribution in [0.1, 0.15) is 44.2 Å². The molecule has 0 amide bonds. The first kappa shape index (κ1) is 23.0. The molecule has 2 N–H and O–H groups in total. The number of benzene rings is 1. The van der Waals surface area contributed by atoms with E-state index in [-0.39, 0.29) is 24.0 Å². The number of nitrogens with one attached hydrogen (secondary N) is 2. The molecule has 26 heavy (non-hydrogen) atoms. The first-order chi connectivity index (χ1) is 12.2. The number of hydrogen-bond donors (Lipinski definition) is 2. The molecular weight excluding hydrogens is 435 g/mol. The van der Waals surface area contributed by atoms with Crippen molar-refractivity contribution >= 4 is 29.9 Å². The molecule has 1 saturated heterocycles. The maximum Gasteiger partial charge on any atom is 0.191 e. The van der Waals surface area contributed by atoms with Crippen LogP contribution >= 0.6 is 24.0 Å². The third-order valence-corrected chi connectivity index (χ3v) is 4.56. The van der Waals surface area contributed by atoms with E-state index < -0.39 is 0 Å². The van der Waals surface area contributed by atoms with Gasteiger partial charge in [0.25, 0.3) is 0 Å². The third kappa shape index (κ3) is 8.54. The lowest BCUT2D eigenvalue weighted by molar-refractivity contribution is 0.198. The number of likely N-dealkylation sites (tertiary alicyclic amines) is 1. The van der Waals surface area contributed by atoms with Crippen molar-refractivity contribution in [3.05, 3.63) is 47.5 Å². The first-order valence-electron chi connectivity index (χ1n) is 9.65. The molecule has 1 heterocycles. The Morgan fingerprint density at radius 2 is 2.08 bits per heavy atom. The molecule has 1 aromatic rings. The molecule has 1 aliphatic rings. The van der Waals surface area contributed by atoms with Crippen molar-refractivity contribution in [1.82, 2.24) is 15.5 Å². The van der Waals surface area contributed by atoms with Crippen molar-refractivity contribution in [3.63, 3.8) is 0 Å². The predicted molar refractivity (Wildman–Crippen MR) is 123 cm³/mol. The van der Waals surface area contributed by atoms with Gasteiger partial charge in [-0.2, -0.15) is 0 Å². The van der Waals surface area contributed by atoms with Crippen LogP contribution < -0.4 is 10.6 Å². The molecule has 146 valence electrons. The highest BCUT2D eigenvalue weighted by atomic mass is 127. The lowest BCUT2D eigenvalue weighted by Crippen LogP contribution is -2.48. The summed E-state index contributed by atoms with van der Waals surface area (Å²) >= 11 is 0. The third-order valence-electron chi connectivity index (χ3n) is 4.56. The van der Waals surface area contributed by atoms with Gasteiger partial charge in [-0.25, -0.2) is 0 Å². The topological polar surface area (TPSA) is 39.7 Å². The molecule has 4 nitrogen and oxygen atoms in total. The summed E-state index contributed by atoms with van der Waals surface area (Å²) in [5, 5.41) is 6.98. The number of piperidine rings is 1. The molecule has 0 atom stereocenters. The molecule has 0 saturated carbocycles. The van der Waals surface area contributed by atoms with Gasteiger partial charge >= 0.3 is 0 Å². The zero-order chi connectivity index (χ0) is 17.9. The van der Waals surface area contributed by atoms with Crippen molar-refractivity contribution in [3.8, 4) is 0 Å². The average molecular weight is 470 g/mol. The standard InChI is InChI=1S/C21H34N4.HI/c1-4-6-7-13-23-21(22-5-2)24-20-11-14-25(15-12-20)17-19-10-8-9-18(3)16-19;/h4,6,8-10,16,20H,5,7,11-15,17H2,1-3H3,(H2,22,23,24);1H/b6-4+;. The summed E-state index contributed by atoms with van der Waals surface area (Å²) in [4.78, 5) is 7.23. The number of allylic oxidation sites excluding steroid dienone is 1. The Kier molecular flexibility index (Phi) is 11.6. The Labute approximate surface area is 176 Å². The smallest absolute Gasteiger partial charge is 0.191 e. The van der Waals surface area contributed by atoms with Crippen molar-refractivity contribution in [2.24, 2.45) is 4.99 Å². The second kappa shape index (κ2) is 13.1. The van der Waals surface area contributed by atoms with E-state index in [1.54, 1.807) is 0 Å². The van der Waals surface area contributed by atoms with Crippen LogP contribution in [-0.2, 0) is 6.54 Å². The van der Waals surface area contributed by atoms with E-state index in [1.807, 2.05) is 0 Å². The van der Waals surface area contributed by atoms with Gasteiger partial charge in [0.2, 0.25) is 0 Å². The number of nitrogens with zero attached hydrogens (tertiary/aromatic N) is 2. The summed E-state index contributed by atoms with van der Waals surface area (Å²) in [6, 6.07) is 9.38. The van der Waals surface area contributed by atoms with Gasteiger partial charge in [-0.15, -0.1) is 24.0 Å². The van der Waals surface area contributed by atoms with Crippen LogP contribution in [0.2, 0.25) is 0 Å². The van der Waals surface area contributed by atoms with Gasteiger partial charge in [0.05, 0.1) is 0 Å². The summed E-state index contributed by atoms with van der Waals surface area (Å²) in [5.74, 6) is 0.962. The number of rotatable bonds is 7. The fraction of sp³-hybridized carbons (Fsp3) is 0.571. The van der Waals surface area contributed by atoms with E-state index in [9.17, 15) is 0 Å². The van der Waals surface area contributed by atoms with Crippen LogP contribution in [0.3, 0.4) is 0 Å². The molecule has 0 aromatic heterocycles. The minimum Gasteiger partial charge on any atom is -0.357 e. The molecule has 5 heteroatoms. The Morgan fingerprint density at radius 3 is 2.73 bits per heavy atom. The highest BCUT2D eigenvalue weighted by molar-refractivity contribution is 14.0. The summed E-state index contributed by atoms with van der Waals surface area (Å²) in [6.07, 6.45) is 7.59. The number of guanidine groups is 1. The molecule has 0 spiro atoms. The maximum atomic E-state index is 4.67. The highest BCUT2D eigenvalue weighted by Crippen LogP contribution is 2.14. The van der Waals surface area contributed by atoms with E-state index in [1.165, 1.54) is 24.0 Å². The summed E-state index contributed by atoms with van der Waals surface area (Å²) in [6.45, 7) is 11.4.